The Bertz CT molecular complexity index is 763. The third-order valence-corrected chi connectivity index (χ3v) is 8.21. The zero-order chi connectivity index (χ0) is 12.4. The van der Waals surface area contributed by atoms with Gasteiger partial charge in [0.25, 0.3) is 0 Å². The van der Waals surface area contributed by atoms with Crippen LogP contribution in [0.1, 0.15) is 0 Å². The molecule has 0 N–H and O–H groups in total. The zero-order valence-corrected chi connectivity index (χ0v) is 15.8. The van der Waals surface area contributed by atoms with E-state index in [1.54, 1.807) is 34.0 Å². The van der Waals surface area contributed by atoms with Gasteiger partial charge in [-0.05, 0) is 47.8 Å². The highest BCUT2D eigenvalue weighted by molar-refractivity contribution is 9.11. The molecule has 0 saturated heterocycles. The summed E-state index contributed by atoms with van der Waals surface area (Å²) < 4.78 is 3.65. The van der Waals surface area contributed by atoms with Gasteiger partial charge >= 0.3 is 0 Å². The van der Waals surface area contributed by atoms with Gasteiger partial charge in [0, 0.05) is 48.5 Å². The van der Waals surface area contributed by atoms with E-state index in [9.17, 15) is 0 Å². The molecule has 0 bridgehead atoms. The Morgan fingerprint density at radius 2 is 0.833 bits per heavy atom. The summed E-state index contributed by atoms with van der Waals surface area (Å²) in [6.07, 6.45) is 0. The standard InChI is InChI=1S/C12H3Br3S3/c13-10-7-4(1-16-10)8-6(3-17-11(8)14)9-5(7)2-18-12(9)15/h1-3H. The van der Waals surface area contributed by atoms with Crippen LogP contribution in [-0.2, 0) is 0 Å². The second kappa shape index (κ2) is 4.27. The number of hydrogen-bond acceptors (Lipinski definition) is 3. The molecular formula is C12H3Br3S3. The second-order valence-electron chi connectivity index (χ2n) is 3.89. The number of benzene rings is 1. The molecule has 0 saturated carbocycles. The Kier molecular flexibility index (Phi) is 2.91. The average molecular weight is 483 g/mol. The van der Waals surface area contributed by atoms with Gasteiger partial charge in [0.05, 0.1) is 11.4 Å². The lowest BCUT2D eigenvalue weighted by atomic mass is 10.0. The van der Waals surface area contributed by atoms with Gasteiger partial charge < -0.3 is 0 Å². The fourth-order valence-electron chi connectivity index (χ4n) is 2.31. The molecule has 18 heavy (non-hydrogen) atoms. The lowest BCUT2D eigenvalue weighted by molar-refractivity contribution is 2.09. The minimum absolute atomic E-state index is 1.22. The molecule has 0 aliphatic carbocycles. The minimum atomic E-state index is 1.22. The van der Waals surface area contributed by atoms with Gasteiger partial charge in [-0.25, -0.2) is 0 Å². The summed E-state index contributed by atoms with van der Waals surface area (Å²) in [6.45, 7) is 0. The summed E-state index contributed by atoms with van der Waals surface area (Å²) in [5.41, 5.74) is 0. The molecular weight excluding hydrogens is 480 g/mol. The van der Waals surface area contributed by atoms with Gasteiger partial charge in [0.1, 0.15) is 0 Å². The molecule has 0 aliphatic rings. The predicted octanol–water partition coefficient (Wildman–Crippen LogP) is 7.62. The van der Waals surface area contributed by atoms with Crippen molar-refractivity contribution in [3.05, 3.63) is 27.5 Å². The van der Waals surface area contributed by atoms with Gasteiger partial charge in [0.2, 0.25) is 0 Å². The largest absolute Gasteiger partial charge is 0.135 e. The summed E-state index contributed by atoms with van der Waals surface area (Å²) >= 11 is 16.4. The first-order valence-corrected chi connectivity index (χ1v) is 10.0. The normalized spacial score (nSPS) is 12.2. The van der Waals surface area contributed by atoms with Crippen LogP contribution >= 0.6 is 81.8 Å². The van der Waals surface area contributed by atoms with Crippen molar-refractivity contribution in [2.75, 3.05) is 0 Å². The number of thiophene rings is 3. The Balaban J connectivity index is 2.51. The van der Waals surface area contributed by atoms with E-state index in [0.29, 0.717) is 0 Å². The molecule has 3 aromatic heterocycles. The second-order valence-corrected chi connectivity index (χ2v) is 10.5. The van der Waals surface area contributed by atoms with Crippen LogP contribution in [0.5, 0.6) is 0 Å². The number of fused-ring (bicyclic) bond motifs is 6. The Morgan fingerprint density at radius 1 is 0.556 bits per heavy atom. The van der Waals surface area contributed by atoms with Gasteiger partial charge in [0.15, 0.2) is 0 Å². The van der Waals surface area contributed by atoms with Crippen molar-refractivity contribution in [1.82, 2.24) is 0 Å². The summed E-state index contributed by atoms with van der Waals surface area (Å²) in [4.78, 5) is 0. The highest BCUT2D eigenvalue weighted by Gasteiger charge is 2.18. The minimum Gasteiger partial charge on any atom is -0.135 e. The fraction of sp³-hybridized carbons (Fsp3) is 0. The molecule has 4 aromatic rings. The summed E-state index contributed by atoms with van der Waals surface area (Å²) in [6, 6.07) is 0. The quantitative estimate of drug-likeness (QED) is 0.242. The topological polar surface area (TPSA) is 0 Å². The summed E-state index contributed by atoms with van der Waals surface area (Å²) in [7, 11) is 0. The molecule has 0 radical (unpaired) electrons. The third kappa shape index (κ3) is 1.50. The molecule has 4 rings (SSSR count). The Labute approximate surface area is 140 Å². The van der Waals surface area contributed by atoms with Crippen LogP contribution in [0.15, 0.2) is 27.5 Å². The van der Waals surface area contributed by atoms with E-state index in [1.165, 1.54) is 43.7 Å². The molecule has 0 fully saturated rings. The average Bonchev–Trinajstić information content (AvgIpc) is 2.99. The van der Waals surface area contributed by atoms with Crippen LogP contribution < -0.4 is 0 Å². The molecule has 3 heterocycles. The SMILES string of the molecule is Brc1scc2c1c1csc(Br)c1c1csc(Br)c21. The van der Waals surface area contributed by atoms with Crippen molar-refractivity contribution in [2.24, 2.45) is 0 Å². The number of halogens is 3. The first-order valence-electron chi connectivity index (χ1n) is 5.00. The molecule has 6 heteroatoms. The highest BCUT2D eigenvalue weighted by atomic mass is 79.9. The maximum atomic E-state index is 3.69. The first-order chi connectivity index (χ1) is 8.68. The van der Waals surface area contributed by atoms with Crippen LogP contribution in [-0.4, -0.2) is 0 Å². The lowest BCUT2D eigenvalue weighted by Crippen LogP contribution is -1.73. The van der Waals surface area contributed by atoms with Crippen LogP contribution in [0, 0.1) is 0 Å². The number of rotatable bonds is 0. The fourth-order valence-corrected chi connectivity index (χ4v) is 6.81. The van der Waals surface area contributed by atoms with E-state index in [0.717, 1.165) is 0 Å². The highest BCUT2D eigenvalue weighted by Crippen LogP contribution is 2.49. The first kappa shape index (κ1) is 12.3. The van der Waals surface area contributed by atoms with Crippen molar-refractivity contribution in [3.8, 4) is 0 Å². The summed E-state index contributed by atoms with van der Waals surface area (Å²) in [5.74, 6) is 0. The summed E-state index contributed by atoms with van der Waals surface area (Å²) in [5, 5.41) is 14.8. The van der Waals surface area contributed by atoms with Crippen LogP contribution in [0.25, 0.3) is 32.3 Å². The number of hydrogen-bond donors (Lipinski definition) is 0. The maximum absolute atomic E-state index is 3.69. The van der Waals surface area contributed by atoms with E-state index < -0.39 is 0 Å². The zero-order valence-electron chi connectivity index (χ0n) is 8.59. The van der Waals surface area contributed by atoms with E-state index in [4.69, 9.17) is 0 Å². The van der Waals surface area contributed by atoms with Gasteiger partial charge in [-0.3, -0.25) is 0 Å². The van der Waals surface area contributed by atoms with Crippen LogP contribution in [0.4, 0.5) is 0 Å². The third-order valence-electron chi connectivity index (χ3n) is 3.05. The molecule has 0 atom stereocenters. The lowest BCUT2D eigenvalue weighted by Gasteiger charge is -2.00. The van der Waals surface area contributed by atoms with Crippen molar-refractivity contribution < 1.29 is 0 Å². The molecule has 0 spiro atoms. The predicted molar refractivity (Wildman–Crippen MR) is 95.7 cm³/mol. The molecule has 0 nitrogen and oxygen atoms in total. The van der Waals surface area contributed by atoms with Crippen molar-refractivity contribution >= 4 is 114 Å². The van der Waals surface area contributed by atoms with Crippen molar-refractivity contribution in [3.63, 3.8) is 0 Å². The van der Waals surface area contributed by atoms with Crippen molar-refractivity contribution in [2.45, 2.75) is 0 Å². The van der Waals surface area contributed by atoms with Crippen LogP contribution in [0.3, 0.4) is 0 Å². The molecule has 90 valence electrons. The Morgan fingerprint density at radius 3 is 1.11 bits per heavy atom. The molecule has 0 unspecified atom stereocenters. The molecule has 0 aliphatic heterocycles. The van der Waals surface area contributed by atoms with Crippen LogP contribution in [0.2, 0.25) is 0 Å². The van der Waals surface area contributed by atoms with Gasteiger partial charge in [-0.2, -0.15) is 0 Å². The monoisotopic (exact) mass is 480 g/mol. The van der Waals surface area contributed by atoms with E-state index in [-0.39, 0.29) is 0 Å². The maximum Gasteiger partial charge on any atom is 0.0783 e. The molecule has 0 amide bonds. The van der Waals surface area contributed by atoms with E-state index >= 15 is 0 Å². The van der Waals surface area contributed by atoms with Gasteiger partial charge in [-0.15, -0.1) is 34.0 Å². The van der Waals surface area contributed by atoms with Gasteiger partial charge in [-0.1, -0.05) is 0 Å². The Hall–Kier alpha value is 0.540. The smallest absolute Gasteiger partial charge is 0.0783 e. The van der Waals surface area contributed by atoms with E-state index in [2.05, 4.69) is 63.9 Å². The van der Waals surface area contributed by atoms with E-state index in [1.807, 2.05) is 0 Å². The van der Waals surface area contributed by atoms with Crippen molar-refractivity contribution in [1.29, 1.82) is 0 Å². The molecule has 1 aromatic carbocycles.